The third kappa shape index (κ3) is 2.99. The fraction of sp³-hybridized carbons (Fsp3) is 0. The third-order valence-corrected chi connectivity index (χ3v) is 4.93. The Morgan fingerprint density at radius 1 is 1.00 bits per heavy atom. The van der Waals surface area contributed by atoms with Crippen molar-refractivity contribution in [2.75, 3.05) is 0 Å². The monoisotopic (exact) mass is 369 g/mol. The summed E-state index contributed by atoms with van der Waals surface area (Å²) in [6, 6.07) is 18.0. The first-order valence-corrected chi connectivity index (χ1v) is 8.69. The first-order chi connectivity index (χ1) is 12.1. The molecule has 6 heteroatoms. The van der Waals surface area contributed by atoms with Crippen LogP contribution in [0.5, 0.6) is 17.2 Å². The van der Waals surface area contributed by atoms with Crippen molar-refractivity contribution in [3.05, 3.63) is 75.4 Å². The number of H-pyrrole nitrogens is 1. The zero-order valence-electron chi connectivity index (χ0n) is 12.8. The van der Waals surface area contributed by atoms with Gasteiger partial charge in [-0.15, -0.1) is 11.3 Å². The van der Waals surface area contributed by atoms with Gasteiger partial charge in [-0.3, -0.25) is 4.79 Å². The minimum atomic E-state index is -0.375. The molecule has 2 N–H and O–H groups in total. The van der Waals surface area contributed by atoms with Gasteiger partial charge in [0.05, 0.1) is 15.3 Å². The molecular formula is C19H12ClNO3S. The van der Waals surface area contributed by atoms with Gasteiger partial charge in [0.2, 0.25) is 0 Å². The largest absolute Gasteiger partial charge is 0.506 e. The van der Waals surface area contributed by atoms with E-state index in [0.717, 1.165) is 0 Å². The van der Waals surface area contributed by atoms with Crippen molar-refractivity contribution in [2.24, 2.45) is 0 Å². The fourth-order valence-electron chi connectivity index (χ4n) is 2.65. The molecule has 0 aliphatic rings. The van der Waals surface area contributed by atoms with Crippen LogP contribution in [-0.2, 0) is 0 Å². The number of aromatic amines is 1. The van der Waals surface area contributed by atoms with Gasteiger partial charge in [-0.2, -0.15) is 0 Å². The summed E-state index contributed by atoms with van der Waals surface area (Å²) < 4.78 is 6.30. The van der Waals surface area contributed by atoms with Gasteiger partial charge in [0.1, 0.15) is 22.1 Å². The van der Waals surface area contributed by atoms with Gasteiger partial charge < -0.3 is 14.8 Å². The molecule has 0 unspecified atom stereocenters. The highest BCUT2D eigenvalue weighted by atomic mass is 35.5. The molecule has 0 radical (unpaired) electrons. The van der Waals surface area contributed by atoms with E-state index in [2.05, 4.69) is 4.98 Å². The minimum Gasteiger partial charge on any atom is -0.506 e. The Kier molecular flexibility index (Phi) is 3.95. The molecule has 0 spiro atoms. The molecule has 0 saturated carbocycles. The van der Waals surface area contributed by atoms with Gasteiger partial charge in [0.25, 0.3) is 5.56 Å². The Morgan fingerprint density at radius 3 is 2.56 bits per heavy atom. The Balaban J connectivity index is 1.81. The van der Waals surface area contributed by atoms with Crippen LogP contribution in [0.2, 0.25) is 4.34 Å². The molecule has 2 aromatic heterocycles. The maximum absolute atomic E-state index is 12.4. The van der Waals surface area contributed by atoms with Gasteiger partial charge in [-0.05, 0) is 35.9 Å². The van der Waals surface area contributed by atoms with E-state index in [0.29, 0.717) is 31.6 Å². The molecule has 4 rings (SSSR count). The fourth-order valence-corrected chi connectivity index (χ4v) is 3.77. The van der Waals surface area contributed by atoms with E-state index in [1.54, 1.807) is 30.3 Å². The van der Waals surface area contributed by atoms with Crippen molar-refractivity contribution in [3.8, 4) is 28.4 Å². The van der Waals surface area contributed by atoms with Gasteiger partial charge in [0.15, 0.2) is 0 Å². The van der Waals surface area contributed by atoms with Crippen LogP contribution in [0.25, 0.3) is 21.3 Å². The summed E-state index contributed by atoms with van der Waals surface area (Å²) >= 11 is 7.20. The van der Waals surface area contributed by atoms with Crippen LogP contribution >= 0.6 is 22.9 Å². The lowest BCUT2D eigenvalue weighted by molar-refractivity contribution is 0.480. The van der Waals surface area contributed by atoms with Crippen LogP contribution in [-0.4, -0.2) is 10.1 Å². The number of nitrogens with one attached hydrogen (secondary N) is 1. The zero-order valence-corrected chi connectivity index (χ0v) is 14.4. The summed E-state index contributed by atoms with van der Waals surface area (Å²) in [7, 11) is 0. The molecule has 0 fully saturated rings. The summed E-state index contributed by atoms with van der Waals surface area (Å²) in [6.07, 6.45) is 0. The lowest BCUT2D eigenvalue weighted by Crippen LogP contribution is -2.08. The number of aromatic nitrogens is 1. The van der Waals surface area contributed by atoms with Gasteiger partial charge >= 0.3 is 0 Å². The van der Waals surface area contributed by atoms with E-state index >= 15 is 0 Å². The summed E-state index contributed by atoms with van der Waals surface area (Å²) in [5, 5.41) is 11.1. The summed E-state index contributed by atoms with van der Waals surface area (Å²) in [5.74, 6) is 1.18. The first kappa shape index (κ1) is 15.7. The quantitative estimate of drug-likeness (QED) is 0.507. The van der Waals surface area contributed by atoms with Crippen LogP contribution in [0.4, 0.5) is 0 Å². The lowest BCUT2D eigenvalue weighted by Gasteiger charge is -2.09. The highest BCUT2D eigenvalue weighted by molar-refractivity contribution is 7.22. The highest BCUT2D eigenvalue weighted by Gasteiger charge is 2.16. The van der Waals surface area contributed by atoms with Crippen LogP contribution in [0, 0.1) is 0 Å². The van der Waals surface area contributed by atoms with Crippen LogP contribution in [0.15, 0.2) is 65.5 Å². The number of aromatic hydroxyl groups is 1. The number of thiophene rings is 1. The number of halogens is 1. The molecule has 124 valence electrons. The maximum atomic E-state index is 12.4. The van der Waals surface area contributed by atoms with Gasteiger partial charge in [-0.25, -0.2) is 0 Å². The van der Waals surface area contributed by atoms with Crippen molar-refractivity contribution < 1.29 is 9.84 Å². The van der Waals surface area contributed by atoms with E-state index in [9.17, 15) is 9.90 Å². The summed E-state index contributed by atoms with van der Waals surface area (Å²) in [4.78, 5) is 15.8. The van der Waals surface area contributed by atoms with Crippen molar-refractivity contribution in [3.63, 3.8) is 0 Å². The molecule has 0 atom stereocenters. The smallest absolute Gasteiger partial charge is 0.260 e. The Labute approximate surface area is 151 Å². The second-order valence-corrected chi connectivity index (χ2v) is 7.10. The number of para-hydroxylation sites is 1. The molecule has 25 heavy (non-hydrogen) atoms. The number of benzene rings is 2. The average Bonchev–Trinajstić information content (AvgIpc) is 2.97. The van der Waals surface area contributed by atoms with E-state index in [-0.39, 0.29) is 16.9 Å². The SMILES string of the molecule is O=c1[nH]c2sc(Cl)cc2c(O)c1-c1cccc(Oc2ccccc2)c1. The second kappa shape index (κ2) is 6.27. The normalized spacial score (nSPS) is 10.9. The molecular weight excluding hydrogens is 358 g/mol. The topological polar surface area (TPSA) is 62.3 Å². The van der Waals surface area contributed by atoms with Crippen molar-refractivity contribution in [1.29, 1.82) is 0 Å². The van der Waals surface area contributed by atoms with Crippen LogP contribution in [0.3, 0.4) is 0 Å². The molecule has 0 amide bonds. The molecule has 4 aromatic rings. The number of fused-ring (bicyclic) bond motifs is 1. The molecule has 0 bridgehead atoms. The van der Waals surface area contributed by atoms with E-state index in [1.165, 1.54) is 11.3 Å². The van der Waals surface area contributed by atoms with Crippen LogP contribution < -0.4 is 10.3 Å². The van der Waals surface area contributed by atoms with Crippen LogP contribution in [0.1, 0.15) is 0 Å². The predicted octanol–water partition coefficient (Wildman–Crippen LogP) is 5.41. The number of pyridine rings is 1. The standard InChI is InChI=1S/C19H12ClNO3S/c20-15-10-14-17(22)16(18(23)21-19(14)25-15)11-5-4-8-13(9-11)24-12-6-2-1-3-7-12/h1-10H,(H2,21,22,23). The first-order valence-electron chi connectivity index (χ1n) is 7.49. The number of hydrogen-bond acceptors (Lipinski definition) is 4. The molecule has 2 aromatic carbocycles. The van der Waals surface area contributed by atoms with Crippen molar-refractivity contribution in [2.45, 2.75) is 0 Å². The molecule has 0 aliphatic heterocycles. The molecule has 4 nitrogen and oxygen atoms in total. The van der Waals surface area contributed by atoms with E-state index in [1.807, 2.05) is 30.3 Å². The number of ether oxygens (including phenoxy) is 1. The molecule has 0 aliphatic carbocycles. The Bertz CT molecular complexity index is 1120. The highest BCUT2D eigenvalue weighted by Crippen LogP contribution is 2.38. The van der Waals surface area contributed by atoms with E-state index in [4.69, 9.17) is 16.3 Å². The van der Waals surface area contributed by atoms with Crippen molar-refractivity contribution >= 4 is 33.2 Å². The summed E-state index contributed by atoms with van der Waals surface area (Å²) in [6.45, 7) is 0. The summed E-state index contributed by atoms with van der Waals surface area (Å²) in [5.41, 5.74) is 0.386. The number of rotatable bonds is 3. The predicted molar refractivity (Wildman–Crippen MR) is 101 cm³/mol. The third-order valence-electron chi connectivity index (χ3n) is 3.75. The molecule has 2 heterocycles. The van der Waals surface area contributed by atoms with Crippen molar-refractivity contribution in [1.82, 2.24) is 4.98 Å². The van der Waals surface area contributed by atoms with Gasteiger partial charge in [-0.1, -0.05) is 41.9 Å². The number of hydrogen-bond donors (Lipinski definition) is 2. The van der Waals surface area contributed by atoms with Gasteiger partial charge in [0, 0.05) is 0 Å². The zero-order chi connectivity index (χ0) is 17.4. The average molecular weight is 370 g/mol. The van der Waals surface area contributed by atoms with E-state index < -0.39 is 0 Å². The molecule has 0 saturated heterocycles. The lowest BCUT2D eigenvalue weighted by atomic mass is 10.0. The maximum Gasteiger partial charge on any atom is 0.260 e. The Morgan fingerprint density at radius 2 is 1.76 bits per heavy atom. The second-order valence-electron chi connectivity index (χ2n) is 5.41. The minimum absolute atomic E-state index is 0.0845. The Hall–Kier alpha value is -2.76.